The van der Waals surface area contributed by atoms with Crippen LogP contribution in [0.3, 0.4) is 0 Å². The third-order valence-electron chi connectivity index (χ3n) is 4.12. The van der Waals surface area contributed by atoms with Crippen molar-refractivity contribution in [3.8, 4) is 0 Å². The number of nitrogens with zero attached hydrogens (tertiary/aromatic N) is 2. The molecule has 7 nitrogen and oxygen atoms in total. The summed E-state index contributed by atoms with van der Waals surface area (Å²) in [5.74, 6) is -0.681. The van der Waals surface area contributed by atoms with Gasteiger partial charge in [-0.1, -0.05) is 34.1 Å². The first-order chi connectivity index (χ1) is 13.9. The Labute approximate surface area is 175 Å². The number of aromatic nitrogens is 2. The Morgan fingerprint density at radius 3 is 2.48 bits per heavy atom. The van der Waals surface area contributed by atoms with Crippen molar-refractivity contribution in [1.29, 1.82) is 0 Å². The van der Waals surface area contributed by atoms with Crippen LogP contribution >= 0.6 is 15.9 Å². The Morgan fingerprint density at radius 2 is 1.76 bits per heavy atom. The van der Waals surface area contributed by atoms with Gasteiger partial charge in [-0.2, -0.15) is 5.10 Å². The lowest BCUT2D eigenvalue weighted by Crippen LogP contribution is -2.28. The van der Waals surface area contributed by atoms with E-state index in [1.165, 1.54) is 12.1 Å². The van der Waals surface area contributed by atoms with E-state index >= 15 is 0 Å². The zero-order chi connectivity index (χ0) is 20.8. The molecule has 2 aromatic carbocycles. The summed E-state index contributed by atoms with van der Waals surface area (Å²) in [5, 5.41) is 9.58. The second-order valence-electron chi connectivity index (χ2n) is 6.36. The molecule has 2 amide bonds. The smallest absolute Gasteiger partial charge is 0.276 e. The van der Waals surface area contributed by atoms with Gasteiger partial charge in [0.15, 0.2) is 0 Å². The fourth-order valence-corrected chi connectivity index (χ4v) is 2.85. The van der Waals surface area contributed by atoms with Gasteiger partial charge in [0.05, 0.1) is 6.54 Å². The molecule has 148 valence electrons. The number of carbonyl (C=O) groups is 2. The Hall–Kier alpha value is -3.26. The molecular formula is C21H19BrN4O3. The average molecular weight is 455 g/mol. The molecule has 0 unspecified atom stereocenters. The fourth-order valence-electron chi connectivity index (χ4n) is 2.60. The van der Waals surface area contributed by atoms with Gasteiger partial charge in [-0.25, -0.2) is 4.68 Å². The van der Waals surface area contributed by atoms with E-state index in [0.717, 1.165) is 14.7 Å². The molecule has 29 heavy (non-hydrogen) atoms. The van der Waals surface area contributed by atoms with Crippen LogP contribution in [0.1, 0.15) is 22.5 Å². The summed E-state index contributed by atoms with van der Waals surface area (Å²) in [4.78, 5) is 36.6. The Balaban J connectivity index is 1.63. The minimum Gasteiger partial charge on any atom is -0.326 e. The molecule has 0 bridgehead atoms. The highest BCUT2D eigenvalue weighted by Crippen LogP contribution is 2.20. The molecular weight excluding hydrogens is 436 g/mol. The number of hydrogen-bond acceptors (Lipinski definition) is 4. The molecule has 0 saturated carbocycles. The van der Waals surface area contributed by atoms with Crippen LogP contribution in [0.25, 0.3) is 0 Å². The molecule has 0 radical (unpaired) electrons. The van der Waals surface area contributed by atoms with Crippen molar-refractivity contribution < 1.29 is 9.59 Å². The summed E-state index contributed by atoms with van der Waals surface area (Å²) in [6.07, 6.45) is 0.0474. The Morgan fingerprint density at radius 1 is 1.00 bits per heavy atom. The van der Waals surface area contributed by atoms with Gasteiger partial charge >= 0.3 is 0 Å². The van der Waals surface area contributed by atoms with Crippen LogP contribution in [0.5, 0.6) is 0 Å². The van der Waals surface area contributed by atoms with Crippen LogP contribution in [0.4, 0.5) is 11.4 Å². The summed E-state index contributed by atoms with van der Waals surface area (Å²) >= 11 is 3.41. The standard InChI is InChI=1S/C21H19BrN4O3/c1-14-13-16(7-8-17(14)22)23-19(27)11-12-26-20(28)10-9-18(25-26)21(29)24-15-5-3-2-4-6-15/h2-10,13H,11-12H2,1H3,(H,23,27)(H,24,29). The van der Waals surface area contributed by atoms with E-state index in [-0.39, 0.29) is 30.1 Å². The Kier molecular flexibility index (Phi) is 6.56. The second-order valence-corrected chi connectivity index (χ2v) is 7.22. The number of benzene rings is 2. The normalized spacial score (nSPS) is 10.4. The van der Waals surface area contributed by atoms with E-state index in [0.29, 0.717) is 11.4 Å². The lowest BCUT2D eigenvalue weighted by atomic mass is 10.2. The van der Waals surface area contributed by atoms with Crippen LogP contribution < -0.4 is 16.2 Å². The van der Waals surface area contributed by atoms with Crippen LogP contribution in [0, 0.1) is 6.92 Å². The number of halogens is 1. The lowest BCUT2D eigenvalue weighted by Gasteiger charge is -2.09. The average Bonchev–Trinajstić information content (AvgIpc) is 2.71. The maximum atomic E-state index is 12.3. The van der Waals surface area contributed by atoms with Crippen molar-refractivity contribution in [3.63, 3.8) is 0 Å². The van der Waals surface area contributed by atoms with Crippen LogP contribution in [-0.4, -0.2) is 21.6 Å². The van der Waals surface area contributed by atoms with Gasteiger partial charge < -0.3 is 10.6 Å². The zero-order valence-corrected chi connectivity index (χ0v) is 17.3. The van der Waals surface area contributed by atoms with Gasteiger partial charge in [-0.05, 0) is 48.9 Å². The molecule has 0 aliphatic heterocycles. The summed E-state index contributed by atoms with van der Waals surface area (Å²) in [7, 11) is 0. The maximum Gasteiger partial charge on any atom is 0.276 e. The first kappa shape index (κ1) is 20.5. The van der Waals surface area contributed by atoms with Crippen molar-refractivity contribution in [2.24, 2.45) is 0 Å². The predicted octanol–water partition coefficient (Wildman–Crippen LogP) is 3.60. The number of aryl methyl sites for hydroxylation is 2. The molecule has 8 heteroatoms. The third kappa shape index (κ3) is 5.61. The van der Waals surface area contributed by atoms with Gasteiger partial charge in [-0.3, -0.25) is 14.4 Å². The van der Waals surface area contributed by atoms with E-state index in [2.05, 4.69) is 31.7 Å². The van der Waals surface area contributed by atoms with Crippen molar-refractivity contribution in [1.82, 2.24) is 9.78 Å². The molecule has 0 spiro atoms. The van der Waals surface area contributed by atoms with Crippen LogP contribution in [0.2, 0.25) is 0 Å². The van der Waals surface area contributed by atoms with E-state index < -0.39 is 5.91 Å². The van der Waals surface area contributed by atoms with Gasteiger partial charge in [0, 0.05) is 28.3 Å². The summed E-state index contributed by atoms with van der Waals surface area (Å²) < 4.78 is 2.07. The first-order valence-corrected chi connectivity index (χ1v) is 9.72. The van der Waals surface area contributed by atoms with Gasteiger partial charge in [0.1, 0.15) is 5.69 Å². The summed E-state index contributed by atoms with van der Waals surface area (Å²) in [5.41, 5.74) is 2.01. The van der Waals surface area contributed by atoms with Crippen LogP contribution in [-0.2, 0) is 11.3 Å². The number of rotatable bonds is 6. The molecule has 1 aromatic heterocycles. The van der Waals surface area contributed by atoms with Gasteiger partial charge in [0.2, 0.25) is 5.91 Å². The van der Waals surface area contributed by atoms with E-state index in [4.69, 9.17) is 0 Å². The van der Waals surface area contributed by atoms with Crippen molar-refractivity contribution in [2.45, 2.75) is 19.9 Å². The molecule has 1 heterocycles. The third-order valence-corrected chi connectivity index (χ3v) is 5.01. The number of anilines is 2. The molecule has 0 atom stereocenters. The molecule has 2 N–H and O–H groups in total. The topological polar surface area (TPSA) is 93.1 Å². The Bertz CT molecular complexity index is 1100. The van der Waals surface area contributed by atoms with E-state index in [1.54, 1.807) is 30.3 Å². The molecule has 0 saturated heterocycles. The minimum absolute atomic E-state index is 0.0474. The second kappa shape index (κ2) is 9.29. The largest absolute Gasteiger partial charge is 0.326 e. The van der Waals surface area contributed by atoms with E-state index in [1.807, 2.05) is 25.1 Å². The summed E-state index contributed by atoms with van der Waals surface area (Å²) in [6, 6.07) is 17.1. The number of nitrogens with one attached hydrogen (secondary N) is 2. The van der Waals surface area contributed by atoms with Crippen molar-refractivity contribution >= 4 is 39.1 Å². The van der Waals surface area contributed by atoms with Gasteiger partial charge in [0.25, 0.3) is 11.5 Å². The zero-order valence-electron chi connectivity index (χ0n) is 15.7. The monoisotopic (exact) mass is 454 g/mol. The highest BCUT2D eigenvalue weighted by molar-refractivity contribution is 9.10. The first-order valence-electron chi connectivity index (χ1n) is 8.93. The molecule has 0 aliphatic carbocycles. The highest BCUT2D eigenvalue weighted by atomic mass is 79.9. The molecule has 3 rings (SSSR count). The molecule has 3 aromatic rings. The van der Waals surface area contributed by atoms with Crippen LogP contribution in [0.15, 0.2) is 69.9 Å². The summed E-state index contributed by atoms with van der Waals surface area (Å²) in [6.45, 7) is 1.99. The fraction of sp³-hybridized carbons (Fsp3) is 0.143. The minimum atomic E-state index is -0.431. The number of hydrogen-bond donors (Lipinski definition) is 2. The molecule has 0 aliphatic rings. The van der Waals surface area contributed by atoms with Crippen molar-refractivity contribution in [2.75, 3.05) is 10.6 Å². The number of para-hydroxylation sites is 1. The van der Waals surface area contributed by atoms with Gasteiger partial charge in [-0.15, -0.1) is 0 Å². The maximum absolute atomic E-state index is 12.3. The van der Waals surface area contributed by atoms with Crippen molar-refractivity contribution in [3.05, 3.63) is 86.7 Å². The highest BCUT2D eigenvalue weighted by Gasteiger charge is 2.11. The SMILES string of the molecule is Cc1cc(NC(=O)CCn2nc(C(=O)Nc3ccccc3)ccc2=O)ccc1Br. The lowest BCUT2D eigenvalue weighted by molar-refractivity contribution is -0.116. The van der Waals surface area contributed by atoms with E-state index in [9.17, 15) is 14.4 Å². The predicted molar refractivity (Wildman–Crippen MR) is 115 cm³/mol. The number of carbonyl (C=O) groups excluding carboxylic acids is 2. The quantitative estimate of drug-likeness (QED) is 0.594. The number of amides is 2. The molecule has 0 fully saturated rings.